The van der Waals surface area contributed by atoms with Gasteiger partial charge in [0, 0.05) is 12.1 Å². The molecule has 2 aliphatic heterocycles. The number of nitrogens with one attached hydrogen (secondary N) is 1. The Morgan fingerprint density at radius 1 is 1.14 bits per heavy atom. The average Bonchev–Trinajstić information content (AvgIpc) is 3.48. The van der Waals surface area contributed by atoms with E-state index < -0.39 is 63.1 Å². The lowest BCUT2D eigenvalue weighted by Crippen LogP contribution is -2.33. The largest absolute Gasteiger partial charge is 0.459 e. The van der Waals surface area contributed by atoms with Gasteiger partial charge in [-0.15, -0.1) is 0 Å². The van der Waals surface area contributed by atoms with Crippen molar-refractivity contribution in [3.63, 3.8) is 0 Å². The molecule has 188 valence electrons. The minimum Gasteiger partial charge on any atom is -0.459 e. The molecule has 0 unspecified atom stereocenters. The fourth-order valence-corrected chi connectivity index (χ4v) is 4.23. The highest BCUT2D eigenvalue weighted by Gasteiger charge is 2.56. The molecule has 1 aromatic carbocycles. The van der Waals surface area contributed by atoms with Crippen molar-refractivity contribution in [3.05, 3.63) is 67.0 Å². The van der Waals surface area contributed by atoms with E-state index >= 15 is 0 Å². The summed E-state index contributed by atoms with van der Waals surface area (Å²) in [6.45, 7) is 3.04. The summed E-state index contributed by atoms with van der Waals surface area (Å²) in [5.41, 5.74) is -1.71. The topological polar surface area (TPSA) is 204 Å². The number of carbonyl (C=O) groups excluding carboxylic acids is 1. The maximum Gasteiger partial charge on any atom is 0.338 e. The number of non-ortho nitro benzene ring substituents is 2. The van der Waals surface area contributed by atoms with Gasteiger partial charge in [0.25, 0.3) is 16.9 Å². The van der Waals surface area contributed by atoms with Crippen LogP contribution in [0.2, 0.25) is 0 Å². The zero-order valence-electron chi connectivity index (χ0n) is 18.7. The summed E-state index contributed by atoms with van der Waals surface area (Å²) in [6.07, 6.45) is -0.460. The van der Waals surface area contributed by atoms with Gasteiger partial charge in [-0.3, -0.25) is 29.6 Å². The Kier molecular flexibility index (Phi) is 5.50. The predicted octanol–water partition coefficient (Wildman–Crippen LogP) is 1.21. The first-order chi connectivity index (χ1) is 17.0. The lowest BCUT2D eigenvalue weighted by Gasteiger charge is -2.24. The second kappa shape index (κ2) is 8.43. The maximum atomic E-state index is 12.6. The molecule has 0 amide bonds. The van der Waals surface area contributed by atoms with E-state index in [1.165, 1.54) is 17.2 Å². The highest BCUT2D eigenvalue weighted by Crippen LogP contribution is 2.43. The lowest BCUT2D eigenvalue weighted by molar-refractivity contribution is -0.394. The Bertz CT molecular complexity index is 1420. The summed E-state index contributed by atoms with van der Waals surface area (Å²) in [6, 6.07) is 2.51. The summed E-state index contributed by atoms with van der Waals surface area (Å²) >= 11 is 0. The number of imidazole rings is 1. The molecular formula is C20H18N6O10. The van der Waals surface area contributed by atoms with Gasteiger partial charge in [0.2, 0.25) is 0 Å². The minimum atomic E-state index is -1.02. The van der Waals surface area contributed by atoms with E-state index in [4.69, 9.17) is 18.9 Å². The maximum absolute atomic E-state index is 12.6. The number of nitro benzene ring substituents is 2. The number of hydrogen-bond acceptors (Lipinski definition) is 12. The van der Waals surface area contributed by atoms with Gasteiger partial charge < -0.3 is 23.9 Å². The van der Waals surface area contributed by atoms with Gasteiger partial charge >= 0.3 is 5.97 Å². The van der Waals surface area contributed by atoms with Crippen molar-refractivity contribution in [3.8, 4) is 0 Å². The number of nitro groups is 2. The van der Waals surface area contributed by atoms with Gasteiger partial charge in [0.15, 0.2) is 23.2 Å². The Morgan fingerprint density at radius 3 is 2.47 bits per heavy atom. The summed E-state index contributed by atoms with van der Waals surface area (Å²) in [5, 5.41) is 22.2. The van der Waals surface area contributed by atoms with E-state index in [2.05, 4.69) is 15.0 Å². The summed E-state index contributed by atoms with van der Waals surface area (Å²) in [7, 11) is 0. The quantitative estimate of drug-likeness (QED) is 0.287. The Labute approximate surface area is 200 Å². The number of ether oxygens (including phenoxy) is 4. The molecule has 36 heavy (non-hydrogen) atoms. The third-order valence-corrected chi connectivity index (χ3v) is 5.70. The van der Waals surface area contributed by atoms with Crippen LogP contribution < -0.4 is 5.56 Å². The van der Waals surface area contributed by atoms with Crippen LogP contribution in [0, 0.1) is 20.2 Å². The number of H-pyrrole nitrogens is 1. The molecule has 0 saturated carbocycles. The first-order valence-corrected chi connectivity index (χ1v) is 10.6. The Hall–Kier alpha value is -4.28. The molecule has 2 aromatic heterocycles. The number of esters is 1. The number of rotatable bonds is 6. The van der Waals surface area contributed by atoms with Crippen molar-refractivity contribution in [2.45, 2.75) is 44.2 Å². The number of nitrogens with zero attached hydrogens (tertiary/aromatic N) is 5. The molecule has 2 fully saturated rings. The van der Waals surface area contributed by atoms with Gasteiger partial charge in [-0.2, -0.15) is 0 Å². The van der Waals surface area contributed by atoms with Gasteiger partial charge in [0.05, 0.1) is 34.1 Å². The van der Waals surface area contributed by atoms with E-state index in [1.54, 1.807) is 13.8 Å². The van der Waals surface area contributed by atoms with Crippen molar-refractivity contribution >= 4 is 28.5 Å². The van der Waals surface area contributed by atoms with Gasteiger partial charge in [-0.25, -0.2) is 14.8 Å². The van der Waals surface area contributed by atoms with Crippen LogP contribution >= 0.6 is 0 Å². The summed E-state index contributed by atoms with van der Waals surface area (Å²) < 4.78 is 24.8. The zero-order chi connectivity index (χ0) is 25.8. The van der Waals surface area contributed by atoms with Crippen molar-refractivity contribution in [1.29, 1.82) is 0 Å². The molecule has 2 aliphatic rings. The molecular weight excluding hydrogens is 484 g/mol. The van der Waals surface area contributed by atoms with Crippen LogP contribution in [0.1, 0.15) is 30.4 Å². The fourth-order valence-electron chi connectivity index (χ4n) is 4.23. The van der Waals surface area contributed by atoms with Crippen LogP contribution in [-0.2, 0) is 18.9 Å². The van der Waals surface area contributed by atoms with Crippen LogP contribution in [0.25, 0.3) is 11.2 Å². The first-order valence-electron chi connectivity index (χ1n) is 10.6. The molecule has 0 radical (unpaired) electrons. The SMILES string of the molecule is CC1(C)O[C@@H]2[C@@H](O1)[C@@H](n1cnc3c(=O)[nH]cnc31)O[C@@H]2COC(=O)c1cc([N+](=O)[O-])cc([N+](=O)[O-])c1. The van der Waals surface area contributed by atoms with Crippen LogP contribution in [-0.4, -0.2) is 66.0 Å². The molecule has 16 nitrogen and oxygen atoms in total. The van der Waals surface area contributed by atoms with E-state index in [0.717, 1.165) is 18.2 Å². The lowest BCUT2D eigenvalue weighted by atomic mass is 10.1. The summed E-state index contributed by atoms with van der Waals surface area (Å²) in [5.74, 6) is -2.02. The van der Waals surface area contributed by atoms with Crippen molar-refractivity contribution < 1.29 is 33.6 Å². The number of aromatic nitrogens is 4. The van der Waals surface area contributed by atoms with Crippen LogP contribution in [0.4, 0.5) is 11.4 Å². The highest BCUT2D eigenvalue weighted by atomic mass is 16.8. The van der Waals surface area contributed by atoms with Crippen LogP contribution in [0.15, 0.2) is 35.6 Å². The van der Waals surface area contributed by atoms with E-state index in [-0.39, 0.29) is 23.3 Å². The molecule has 0 spiro atoms. The number of carbonyl (C=O) groups is 1. The smallest absolute Gasteiger partial charge is 0.338 e. The van der Waals surface area contributed by atoms with Crippen molar-refractivity contribution in [2.75, 3.05) is 6.61 Å². The molecule has 16 heteroatoms. The molecule has 2 saturated heterocycles. The molecule has 1 N–H and O–H groups in total. The number of fused-ring (bicyclic) bond motifs is 2. The number of hydrogen-bond donors (Lipinski definition) is 1. The van der Waals surface area contributed by atoms with Crippen molar-refractivity contribution in [1.82, 2.24) is 19.5 Å². The third-order valence-electron chi connectivity index (χ3n) is 5.70. The number of benzene rings is 1. The van der Waals surface area contributed by atoms with E-state index in [9.17, 15) is 29.8 Å². The zero-order valence-corrected chi connectivity index (χ0v) is 18.7. The molecule has 4 heterocycles. The fraction of sp³-hybridized carbons (Fsp3) is 0.400. The Balaban J connectivity index is 1.39. The molecule has 3 aromatic rings. The first kappa shape index (κ1) is 23.5. The van der Waals surface area contributed by atoms with E-state index in [0.29, 0.717) is 0 Å². The molecule has 4 atom stereocenters. The van der Waals surface area contributed by atoms with Gasteiger partial charge in [-0.1, -0.05) is 0 Å². The van der Waals surface area contributed by atoms with Crippen LogP contribution in [0.3, 0.4) is 0 Å². The number of aromatic amines is 1. The predicted molar refractivity (Wildman–Crippen MR) is 116 cm³/mol. The Morgan fingerprint density at radius 2 is 1.81 bits per heavy atom. The molecule has 5 rings (SSSR count). The van der Waals surface area contributed by atoms with Crippen LogP contribution in [0.5, 0.6) is 0 Å². The summed E-state index contributed by atoms with van der Waals surface area (Å²) in [4.78, 5) is 55.9. The van der Waals surface area contributed by atoms with Gasteiger partial charge in [-0.05, 0) is 13.8 Å². The average molecular weight is 502 g/mol. The monoisotopic (exact) mass is 502 g/mol. The van der Waals surface area contributed by atoms with E-state index in [1.807, 2.05) is 0 Å². The molecule has 0 bridgehead atoms. The normalized spacial score (nSPS) is 24.5. The molecule has 0 aliphatic carbocycles. The minimum absolute atomic E-state index is 0.0953. The third kappa shape index (κ3) is 4.06. The van der Waals surface area contributed by atoms with Gasteiger partial charge in [0.1, 0.15) is 24.9 Å². The second-order valence-corrected chi connectivity index (χ2v) is 8.54. The second-order valence-electron chi connectivity index (χ2n) is 8.54. The standard InChI is InChI=1S/C20H18N6O10/c1-20(2)35-14-12(6-33-19(28)9-3-10(25(29)30)5-11(4-9)26(31)32)34-18(15(14)36-20)24-8-23-13-16(24)21-7-22-17(13)27/h3-5,7-8,12,14-15,18H,6H2,1-2H3,(H,21,22,27)/t12-,14+,15-,18+/m1/s1. The van der Waals surface area contributed by atoms with Crippen molar-refractivity contribution in [2.24, 2.45) is 0 Å². The highest BCUT2D eigenvalue weighted by molar-refractivity contribution is 5.91.